The fraction of sp³-hybridized carbons (Fsp3) is 0.136. The molecule has 2 N–H and O–H groups in total. The summed E-state index contributed by atoms with van der Waals surface area (Å²) in [5.74, 6) is -0.471. The van der Waals surface area contributed by atoms with Gasteiger partial charge < -0.3 is 15.5 Å². The number of anilines is 2. The Morgan fingerprint density at radius 1 is 1.03 bits per heavy atom. The highest BCUT2D eigenvalue weighted by Gasteiger charge is 2.15. The van der Waals surface area contributed by atoms with Crippen LogP contribution in [0.5, 0.6) is 0 Å². The molecular formula is C22H21BrN4O2. The van der Waals surface area contributed by atoms with Gasteiger partial charge in [0.1, 0.15) is 0 Å². The van der Waals surface area contributed by atoms with E-state index >= 15 is 0 Å². The van der Waals surface area contributed by atoms with Gasteiger partial charge in [0.2, 0.25) is 0 Å². The molecule has 1 aromatic heterocycles. The Morgan fingerprint density at radius 2 is 1.86 bits per heavy atom. The number of benzene rings is 2. The summed E-state index contributed by atoms with van der Waals surface area (Å²) in [6.45, 7) is 0.369. The number of halogens is 1. The number of rotatable bonds is 6. The smallest absolute Gasteiger partial charge is 0.255 e. The molecule has 0 fully saturated rings. The van der Waals surface area contributed by atoms with Crippen LogP contribution in [0.25, 0.3) is 0 Å². The molecule has 0 saturated heterocycles. The third-order valence-electron chi connectivity index (χ3n) is 4.24. The number of pyridine rings is 1. The molecule has 2 amide bonds. The normalized spacial score (nSPS) is 10.3. The van der Waals surface area contributed by atoms with Crippen molar-refractivity contribution in [2.75, 3.05) is 24.3 Å². The van der Waals surface area contributed by atoms with E-state index in [0.29, 0.717) is 23.4 Å². The van der Waals surface area contributed by atoms with Gasteiger partial charge in [0, 0.05) is 54.4 Å². The zero-order valence-electron chi connectivity index (χ0n) is 16.1. The van der Waals surface area contributed by atoms with Gasteiger partial charge in [-0.2, -0.15) is 0 Å². The van der Waals surface area contributed by atoms with Crippen molar-refractivity contribution in [3.8, 4) is 0 Å². The van der Waals surface area contributed by atoms with Gasteiger partial charge in [0.15, 0.2) is 0 Å². The van der Waals surface area contributed by atoms with Gasteiger partial charge in [-0.3, -0.25) is 14.6 Å². The molecule has 2 aromatic carbocycles. The quantitative estimate of drug-likeness (QED) is 0.590. The van der Waals surface area contributed by atoms with Crippen LogP contribution in [-0.4, -0.2) is 30.9 Å². The molecule has 0 bridgehead atoms. The van der Waals surface area contributed by atoms with Gasteiger partial charge in [-0.05, 0) is 48.0 Å². The molecule has 7 heteroatoms. The zero-order chi connectivity index (χ0) is 20.8. The van der Waals surface area contributed by atoms with Crippen molar-refractivity contribution in [2.24, 2.45) is 0 Å². The molecule has 0 radical (unpaired) electrons. The van der Waals surface area contributed by atoms with E-state index in [2.05, 4.69) is 31.5 Å². The van der Waals surface area contributed by atoms with Crippen molar-refractivity contribution in [1.82, 2.24) is 10.3 Å². The van der Waals surface area contributed by atoms with Gasteiger partial charge >= 0.3 is 0 Å². The van der Waals surface area contributed by atoms with Crippen LogP contribution in [0.2, 0.25) is 0 Å². The lowest BCUT2D eigenvalue weighted by Crippen LogP contribution is -2.25. The van der Waals surface area contributed by atoms with Crippen molar-refractivity contribution in [3.63, 3.8) is 0 Å². The number of hydrogen-bond acceptors (Lipinski definition) is 4. The molecule has 29 heavy (non-hydrogen) atoms. The Bertz CT molecular complexity index is 1020. The van der Waals surface area contributed by atoms with Crippen LogP contribution in [0.15, 0.2) is 71.5 Å². The largest absolute Gasteiger partial charge is 0.377 e. The molecule has 1 heterocycles. The molecule has 6 nitrogen and oxygen atoms in total. The lowest BCUT2D eigenvalue weighted by atomic mass is 10.1. The summed E-state index contributed by atoms with van der Waals surface area (Å²) in [5.41, 5.74) is 3.22. The van der Waals surface area contributed by atoms with E-state index < -0.39 is 0 Å². The van der Waals surface area contributed by atoms with E-state index in [1.165, 1.54) is 0 Å². The molecule has 0 aliphatic rings. The Balaban J connectivity index is 1.80. The second-order valence-corrected chi connectivity index (χ2v) is 7.55. The number of carbonyl (C=O) groups excluding carboxylic acids is 2. The fourth-order valence-corrected chi connectivity index (χ4v) is 3.20. The van der Waals surface area contributed by atoms with Gasteiger partial charge in [0.05, 0.1) is 5.56 Å². The first-order valence-corrected chi connectivity index (χ1v) is 9.79. The Morgan fingerprint density at radius 3 is 2.55 bits per heavy atom. The molecule has 0 saturated carbocycles. The van der Waals surface area contributed by atoms with Crippen LogP contribution < -0.4 is 15.5 Å². The highest BCUT2D eigenvalue weighted by atomic mass is 79.9. The van der Waals surface area contributed by atoms with E-state index in [1.54, 1.807) is 42.7 Å². The summed E-state index contributed by atoms with van der Waals surface area (Å²) in [5, 5.41) is 5.76. The molecule has 3 rings (SSSR count). The average molecular weight is 453 g/mol. The SMILES string of the molecule is CN(C)c1ccc(NC(=O)c2cccc(Br)c2)cc1C(=O)NCc1cccnc1. The van der Waals surface area contributed by atoms with Crippen molar-refractivity contribution in [1.29, 1.82) is 0 Å². The Labute approximate surface area is 178 Å². The maximum atomic E-state index is 12.8. The van der Waals surface area contributed by atoms with Gasteiger partial charge in [-0.1, -0.05) is 28.1 Å². The predicted molar refractivity (Wildman–Crippen MR) is 118 cm³/mol. The first-order chi connectivity index (χ1) is 13.9. The molecule has 0 aliphatic carbocycles. The van der Waals surface area contributed by atoms with E-state index in [0.717, 1.165) is 15.7 Å². The van der Waals surface area contributed by atoms with Crippen molar-refractivity contribution in [3.05, 3.63) is 88.2 Å². The molecule has 148 valence electrons. The van der Waals surface area contributed by atoms with Crippen molar-refractivity contribution in [2.45, 2.75) is 6.54 Å². The van der Waals surface area contributed by atoms with Crippen molar-refractivity contribution >= 4 is 39.1 Å². The number of amides is 2. The van der Waals surface area contributed by atoms with Crippen LogP contribution in [0.1, 0.15) is 26.3 Å². The second-order valence-electron chi connectivity index (χ2n) is 6.63. The summed E-state index contributed by atoms with van der Waals surface area (Å²) < 4.78 is 0.823. The highest BCUT2D eigenvalue weighted by molar-refractivity contribution is 9.10. The first-order valence-electron chi connectivity index (χ1n) is 8.99. The molecule has 0 aliphatic heterocycles. The topological polar surface area (TPSA) is 74.3 Å². The standard InChI is InChI=1S/C22H21BrN4O2/c1-27(2)20-9-8-18(26-21(28)16-6-3-7-17(23)11-16)12-19(20)22(29)25-14-15-5-4-10-24-13-15/h3-13H,14H2,1-2H3,(H,25,29)(H,26,28). The Kier molecular flexibility index (Phi) is 6.61. The van der Waals surface area contributed by atoms with E-state index in [-0.39, 0.29) is 11.8 Å². The van der Waals surface area contributed by atoms with Gasteiger partial charge in [0.25, 0.3) is 11.8 Å². The number of nitrogens with zero attached hydrogens (tertiary/aromatic N) is 2. The third-order valence-corrected chi connectivity index (χ3v) is 4.74. The number of aromatic nitrogens is 1. The lowest BCUT2D eigenvalue weighted by molar-refractivity contribution is 0.0950. The summed E-state index contributed by atoms with van der Waals surface area (Å²) in [7, 11) is 3.74. The number of nitrogens with one attached hydrogen (secondary N) is 2. The first kappa shape index (κ1) is 20.5. The maximum Gasteiger partial charge on any atom is 0.255 e. The van der Waals surface area contributed by atoms with Gasteiger partial charge in [-0.15, -0.1) is 0 Å². The predicted octanol–water partition coefficient (Wildman–Crippen LogP) is 4.09. The molecule has 0 atom stereocenters. The fourth-order valence-electron chi connectivity index (χ4n) is 2.80. The molecule has 3 aromatic rings. The van der Waals surface area contributed by atoms with Crippen LogP contribution in [0, 0.1) is 0 Å². The second kappa shape index (κ2) is 9.34. The maximum absolute atomic E-state index is 12.8. The molecular weight excluding hydrogens is 432 g/mol. The van der Waals surface area contributed by atoms with Crippen LogP contribution in [0.4, 0.5) is 11.4 Å². The minimum Gasteiger partial charge on any atom is -0.377 e. The van der Waals surface area contributed by atoms with Crippen LogP contribution in [0.3, 0.4) is 0 Å². The Hall–Kier alpha value is -3.19. The summed E-state index contributed by atoms with van der Waals surface area (Å²) in [6.07, 6.45) is 3.40. The highest BCUT2D eigenvalue weighted by Crippen LogP contribution is 2.24. The van der Waals surface area contributed by atoms with Crippen molar-refractivity contribution < 1.29 is 9.59 Å². The number of hydrogen-bond donors (Lipinski definition) is 2. The van der Waals surface area contributed by atoms with Gasteiger partial charge in [-0.25, -0.2) is 0 Å². The zero-order valence-corrected chi connectivity index (χ0v) is 17.7. The average Bonchev–Trinajstić information content (AvgIpc) is 2.72. The lowest BCUT2D eigenvalue weighted by Gasteiger charge is -2.18. The summed E-state index contributed by atoms with van der Waals surface area (Å²) >= 11 is 3.37. The molecule has 0 unspecified atom stereocenters. The van der Waals surface area contributed by atoms with E-state index in [9.17, 15) is 9.59 Å². The number of carbonyl (C=O) groups is 2. The van der Waals surface area contributed by atoms with Crippen LogP contribution in [-0.2, 0) is 6.54 Å². The monoisotopic (exact) mass is 452 g/mol. The minimum absolute atomic E-state index is 0.226. The third kappa shape index (κ3) is 5.42. The van der Waals surface area contributed by atoms with E-state index in [4.69, 9.17) is 0 Å². The summed E-state index contributed by atoms with van der Waals surface area (Å²) in [6, 6.07) is 16.1. The minimum atomic E-state index is -0.245. The van der Waals surface area contributed by atoms with Crippen LogP contribution >= 0.6 is 15.9 Å². The van der Waals surface area contributed by atoms with E-state index in [1.807, 2.05) is 43.3 Å². The molecule has 0 spiro atoms. The summed E-state index contributed by atoms with van der Waals surface area (Å²) in [4.78, 5) is 31.3.